The monoisotopic (exact) mass is 285 g/mol. The molecule has 0 bridgehead atoms. The summed E-state index contributed by atoms with van der Waals surface area (Å²) in [5.41, 5.74) is 6.90. The van der Waals surface area contributed by atoms with Crippen LogP contribution in [0, 0.1) is 5.82 Å². The van der Waals surface area contributed by atoms with Crippen molar-refractivity contribution in [1.29, 1.82) is 0 Å². The second-order valence-corrected chi connectivity index (χ2v) is 4.39. The Balaban J connectivity index is 1.97. The Hall–Kier alpha value is -2.89. The van der Waals surface area contributed by atoms with Gasteiger partial charge in [0, 0.05) is 11.1 Å². The second kappa shape index (κ2) is 5.24. The molecule has 0 atom stereocenters. The highest BCUT2D eigenvalue weighted by Crippen LogP contribution is 2.26. The van der Waals surface area contributed by atoms with Crippen molar-refractivity contribution in [2.24, 2.45) is 0 Å². The predicted octanol–water partition coefficient (Wildman–Crippen LogP) is 3.13. The summed E-state index contributed by atoms with van der Waals surface area (Å²) in [6, 6.07) is 11.6. The van der Waals surface area contributed by atoms with Crippen molar-refractivity contribution in [3.8, 4) is 28.6 Å². The van der Waals surface area contributed by atoms with Crippen molar-refractivity contribution in [1.82, 2.24) is 10.1 Å². The maximum absolute atomic E-state index is 13.2. The van der Waals surface area contributed by atoms with Gasteiger partial charge in [0.2, 0.25) is 5.82 Å². The van der Waals surface area contributed by atoms with E-state index in [1.165, 1.54) is 18.2 Å². The normalized spacial score (nSPS) is 10.6. The van der Waals surface area contributed by atoms with E-state index in [1.807, 2.05) is 18.2 Å². The van der Waals surface area contributed by atoms with Gasteiger partial charge in [-0.05, 0) is 30.3 Å². The standard InChI is InChI=1S/C15H12FN3O2/c1-20-11-4-2-3-9(7-11)14-18-15(21-19-14)10-5-6-12(16)13(17)8-10/h2-8H,17H2,1H3. The molecule has 3 rings (SSSR count). The van der Waals surface area contributed by atoms with Crippen LogP contribution in [0.1, 0.15) is 0 Å². The van der Waals surface area contributed by atoms with Crippen LogP contribution in [0.2, 0.25) is 0 Å². The zero-order valence-electron chi connectivity index (χ0n) is 11.2. The first-order valence-electron chi connectivity index (χ1n) is 6.21. The fourth-order valence-electron chi connectivity index (χ4n) is 1.90. The Bertz CT molecular complexity index is 786. The van der Waals surface area contributed by atoms with Gasteiger partial charge in [0.05, 0.1) is 12.8 Å². The highest BCUT2D eigenvalue weighted by atomic mass is 19.1. The molecule has 2 N–H and O–H groups in total. The van der Waals surface area contributed by atoms with Gasteiger partial charge < -0.3 is 15.0 Å². The molecule has 2 aromatic carbocycles. The molecule has 0 fully saturated rings. The third-order valence-corrected chi connectivity index (χ3v) is 3.00. The molecule has 0 aliphatic rings. The van der Waals surface area contributed by atoms with Gasteiger partial charge in [-0.2, -0.15) is 4.98 Å². The van der Waals surface area contributed by atoms with Crippen LogP contribution < -0.4 is 10.5 Å². The fourth-order valence-corrected chi connectivity index (χ4v) is 1.90. The minimum atomic E-state index is -0.480. The first-order chi connectivity index (χ1) is 10.2. The lowest BCUT2D eigenvalue weighted by Gasteiger charge is -2.00. The van der Waals surface area contributed by atoms with Crippen molar-refractivity contribution in [3.63, 3.8) is 0 Å². The molecule has 0 aliphatic carbocycles. The first kappa shape index (κ1) is 13.1. The zero-order valence-corrected chi connectivity index (χ0v) is 11.2. The summed E-state index contributed by atoms with van der Waals surface area (Å²) in [6.07, 6.45) is 0. The quantitative estimate of drug-likeness (QED) is 0.748. The fraction of sp³-hybridized carbons (Fsp3) is 0.0667. The summed E-state index contributed by atoms with van der Waals surface area (Å²) in [4.78, 5) is 4.29. The molecule has 0 amide bonds. The number of anilines is 1. The van der Waals surface area contributed by atoms with Crippen LogP contribution >= 0.6 is 0 Å². The minimum Gasteiger partial charge on any atom is -0.497 e. The summed E-state index contributed by atoms with van der Waals surface area (Å²) < 4.78 is 23.5. The Kier molecular flexibility index (Phi) is 3.27. The van der Waals surface area contributed by atoms with E-state index in [0.29, 0.717) is 17.1 Å². The van der Waals surface area contributed by atoms with E-state index < -0.39 is 5.82 Å². The van der Waals surface area contributed by atoms with E-state index in [1.54, 1.807) is 13.2 Å². The largest absolute Gasteiger partial charge is 0.497 e. The Labute approximate surface area is 120 Å². The van der Waals surface area contributed by atoms with Gasteiger partial charge in [-0.1, -0.05) is 17.3 Å². The van der Waals surface area contributed by atoms with Crippen molar-refractivity contribution in [3.05, 3.63) is 48.3 Å². The number of nitrogens with zero attached hydrogens (tertiary/aromatic N) is 2. The molecular weight excluding hydrogens is 273 g/mol. The third kappa shape index (κ3) is 2.55. The van der Waals surface area contributed by atoms with Crippen molar-refractivity contribution < 1.29 is 13.7 Å². The number of nitrogen functional groups attached to an aromatic ring is 1. The Morgan fingerprint density at radius 2 is 2.00 bits per heavy atom. The number of methoxy groups -OCH3 is 1. The van der Waals surface area contributed by atoms with Gasteiger partial charge >= 0.3 is 0 Å². The van der Waals surface area contributed by atoms with Gasteiger partial charge in [0.15, 0.2) is 0 Å². The van der Waals surface area contributed by atoms with Gasteiger partial charge in [0.1, 0.15) is 11.6 Å². The van der Waals surface area contributed by atoms with E-state index in [0.717, 1.165) is 5.56 Å². The Morgan fingerprint density at radius 1 is 1.14 bits per heavy atom. The van der Waals surface area contributed by atoms with Crippen molar-refractivity contribution >= 4 is 5.69 Å². The smallest absolute Gasteiger partial charge is 0.258 e. The molecule has 0 unspecified atom stereocenters. The minimum absolute atomic E-state index is 0.0358. The number of aromatic nitrogens is 2. The third-order valence-electron chi connectivity index (χ3n) is 3.00. The summed E-state index contributed by atoms with van der Waals surface area (Å²) >= 11 is 0. The topological polar surface area (TPSA) is 74.2 Å². The van der Waals surface area contributed by atoms with E-state index in [-0.39, 0.29) is 11.6 Å². The molecule has 0 saturated heterocycles. The molecule has 1 aromatic heterocycles. The molecule has 5 nitrogen and oxygen atoms in total. The van der Waals surface area contributed by atoms with Crippen LogP contribution in [0.25, 0.3) is 22.8 Å². The molecular formula is C15H12FN3O2. The highest BCUT2D eigenvalue weighted by molar-refractivity contribution is 5.63. The average Bonchev–Trinajstić information content (AvgIpc) is 3.00. The summed E-state index contributed by atoms with van der Waals surface area (Å²) in [6.45, 7) is 0. The van der Waals surface area contributed by atoms with Crippen LogP contribution in [0.15, 0.2) is 47.0 Å². The molecule has 106 valence electrons. The molecule has 3 aromatic rings. The van der Waals surface area contributed by atoms with Gasteiger partial charge in [-0.15, -0.1) is 0 Å². The van der Waals surface area contributed by atoms with Crippen LogP contribution in [0.4, 0.5) is 10.1 Å². The van der Waals surface area contributed by atoms with Gasteiger partial charge in [-0.25, -0.2) is 4.39 Å². The van der Waals surface area contributed by atoms with Crippen LogP contribution in [0.5, 0.6) is 5.75 Å². The SMILES string of the molecule is COc1cccc(-c2noc(-c3ccc(F)c(N)c3)n2)c1. The van der Waals surface area contributed by atoms with E-state index in [4.69, 9.17) is 15.0 Å². The highest BCUT2D eigenvalue weighted by Gasteiger charge is 2.12. The number of benzene rings is 2. The maximum Gasteiger partial charge on any atom is 0.258 e. The number of nitrogens with two attached hydrogens (primary N) is 1. The van der Waals surface area contributed by atoms with E-state index >= 15 is 0 Å². The lowest BCUT2D eigenvalue weighted by atomic mass is 10.2. The van der Waals surface area contributed by atoms with Gasteiger partial charge in [0.25, 0.3) is 5.89 Å². The zero-order chi connectivity index (χ0) is 14.8. The average molecular weight is 285 g/mol. The number of rotatable bonds is 3. The molecule has 0 spiro atoms. The lowest BCUT2D eigenvalue weighted by molar-refractivity contribution is 0.414. The van der Waals surface area contributed by atoms with Crippen LogP contribution in [-0.2, 0) is 0 Å². The van der Waals surface area contributed by atoms with Crippen molar-refractivity contribution in [2.75, 3.05) is 12.8 Å². The molecule has 1 heterocycles. The molecule has 0 radical (unpaired) electrons. The van der Waals surface area contributed by atoms with Gasteiger partial charge in [-0.3, -0.25) is 0 Å². The van der Waals surface area contributed by atoms with Crippen LogP contribution in [0.3, 0.4) is 0 Å². The first-order valence-corrected chi connectivity index (χ1v) is 6.21. The number of ether oxygens (including phenoxy) is 1. The lowest BCUT2D eigenvalue weighted by Crippen LogP contribution is -1.90. The van der Waals surface area contributed by atoms with E-state index in [9.17, 15) is 4.39 Å². The van der Waals surface area contributed by atoms with Crippen molar-refractivity contribution in [2.45, 2.75) is 0 Å². The molecule has 0 aliphatic heterocycles. The number of halogens is 1. The summed E-state index contributed by atoms with van der Waals surface area (Å²) in [7, 11) is 1.59. The van der Waals surface area contributed by atoms with E-state index in [2.05, 4.69) is 10.1 Å². The molecule has 0 saturated carbocycles. The maximum atomic E-state index is 13.2. The Morgan fingerprint density at radius 3 is 2.76 bits per heavy atom. The summed E-state index contributed by atoms with van der Waals surface area (Å²) in [5, 5.41) is 3.91. The van der Waals surface area contributed by atoms with Crippen LogP contribution in [-0.4, -0.2) is 17.3 Å². The summed E-state index contributed by atoms with van der Waals surface area (Å²) in [5.74, 6) is 0.919. The number of hydrogen-bond acceptors (Lipinski definition) is 5. The molecule has 6 heteroatoms. The predicted molar refractivity (Wildman–Crippen MR) is 76.1 cm³/mol. The number of hydrogen-bond donors (Lipinski definition) is 1. The second-order valence-electron chi connectivity index (χ2n) is 4.39. The molecule has 21 heavy (non-hydrogen) atoms.